The highest BCUT2D eigenvalue weighted by atomic mass is 32.2. The van der Waals surface area contributed by atoms with Crippen molar-refractivity contribution in [3.05, 3.63) is 29.3 Å². The number of ether oxygens (including phenoxy) is 1. The molecule has 13 heteroatoms. The normalized spacial score (nSPS) is 26.9. The summed E-state index contributed by atoms with van der Waals surface area (Å²) in [6, 6.07) is 1.40. The molecule has 1 saturated carbocycles. The second-order valence-corrected chi connectivity index (χ2v) is 11.9. The highest BCUT2D eigenvalue weighted by Crippen LogP contribution is 2.49. The number of carbonyl (C=O) groups is 2. The SMILES string of the molecule is CC(C)[C@]1(C(=O)N2Cc3cc(C(F)(F)F)ccc3[S+]([O-])C2)CC[C@@H](N(C(=O)C(F)(F)F)C2CCOCC2)C1. The average Bonchev–Trinajstić information content (AvgIpc) is 3.29. The number of amides is 2. The van der Waals surface area contributed by atoms with Gasteiger partial charge in [0.1, 0.15) is 0 Å². The fraction of sp³-hybridized carbons (Fsp3) is 0.680. The molecule has 1 aromatic carbocycles. The summed E-state index contributed by atoms with van der Waals surface area (Å²) in [5, 5.41) is 0. The van der Waals surface area contributed by atoms with Crippen LogP contribution >= 0.6 is 0 Å². The molecule has 3 atom stereocenters. The molecular formula is C25H30F6N2O4S. The first-order valence-corrected chi connectivity index (χ1v) is 13.8. The Labute approximate surface area is 219 Å². The molecule has 38 heavy (non-hydrogen) atoms. The molecule has 0 aromatic heterocycles. The van der Waals surface area contributed by atoms with E-state index in [1.54, 1.807) is 13.8 Å². The van der Waals surface area contributed by atoms with Crippen LogP contribution in [0, 0.1) is 11.3 Å². The van der Waals surface area contributed by atoms with Crippen molar-refractivity contribution in [1.29, 1.82) is 0 Å². The molecule has 2 heterocycles. The molecule has 3 aliphatic rings. The van der Waals surface area contributed by atoms with Gasteiger partial charge in [0.25, 0.3) is 0 Å². The maximum Gasteiger partial charge on any atom is 0.471 e. The van der Waals surface area contributed by atoms with E-state index in [2.05, 4.69) is 0 Å². The van der Waals surface area contributed by atoms with Crippen molar-refractivity contribution in [3.8, 4) is 0 Å². The van der Waals surface area contributed by atoms with Crippen LogP contribution in [0.1, 0.15) is 57.1 Å². The predicted octanol–water partition coefficient (Wildman–Crippen LogP) is 4.88. The minimum absolute atomic E-state index is 0.0126. The number of benzene rings is 1. The largest absolute Gasteiger partial charge is 0.610 e. The molecule has 1 unspecified atom stereocenters. The first-order valence-electron chi connectivity index (χ1n) is 12.5. The number of nitrogens with zero attached hydrogens (tertiary/aromatic N) is 2. The van der Waals surface area contributed by atoms with Crippen LogP contribution in [-0.2, 0) is 38.2 Å². The molecule has 0 radical (unpaired) electrons. The van der Waals surface area contributed by atoms with Gasteiger partial charge < -0.3 is 14.2 Å². The minimum atomic E-state index is -5.07. The molecule has 0 N–H and O–H groups in total. The lowest BCUT2D eigenvalue weighted by molar-refractivity contribution is -0.192. The van der Waals surface area contributed by atoms with E-state index in [-0.39, 0.29) is 74.1 Å². The van der Waals surface area contributed by atoms with E-state index in [0.717, 1.165) is 23.1 Å². The van der Waals surface area contributed by atoms with Gasteiger partial charge in [-0.25, -0.2) is 0 Å². The van der Waals surface area contributed by atoms with Gasteiger partial charge in [0.15, 0.2) is 10.8 Å². The van der Waals surface area contributed by atoms with E-state index in [9.17, 15) is 40.5 Å². The van der Waals surface area contributed by atoms with E-state index in [1.807, 2.05) is 0 Å². The summed E-state index contributed by atoms with van der Waals surface area (Å²) < 4.78 is 98.7. The van der Waals surface area contributed by atoms with Crippen molar-refractivity contribution in [2.24, 2.45) is 11.3 Å². The summed E-state index contributed by atoms with van der Waals surface area (Å²) in [6.07, 6.45) is -8.81. The molecule has 1 aromatic rings. The van der Waals surface area contributed by atoms with Crippen LogP contribution in [-0.4, -0.2) is 63.5 Å². The molecule has 1 saturated heterocycles. The number of fused-ring (bicyclic) bond motifs is 1. The maximum absolute atomic E-state index is 13.9. The third-order valence-corrected chi connectivity index (χ3v) is 9.50. The van der Waals surface area contributed by atoms with Crippen LogP contribution in [0.15, 0.2) is 23.1 Å². The molecule has 2 fully saturated rings. The summed E-state index contributed by atoms with van der Waals surface area (Å²) in [5.41, 5.74) is -1.94. The molecule has 6 nitrogen and oxygen atoms in total. The summed E-state index contributed by atoms with van der Waals surface area (Å²) in [6.45, 7) is 3.80. The number of carbonyl (C=O) groups excluding carboxylic acids is 2. The number of halogens is 6. The average molecular weight is 569 g/mol. The van der Waals surface area contributed by atoms with Crippen molar-refractivity contribution in [2.75, 3.05) is 19.1 Å². The molecule has 0 bridgehead atoms. The predicted molar refractivity (Wildman–Crippen MR) is 125 cm³/mol. The Morgan fingerprint density at radius 2 is 1.76 bits per heavy atom. The lowest BCUT2D eigenvalue weighted by Crippen LogP contribution is -2.54. The summed E-state index contributed by atoms with van der Waals surface area (Å²) >= 11 is -1.76. The Hall–Kier alpha value is -1.99. The van der Waals surface area contributed by atoms with Crippen molar-refractivity contribution in [2.45, 2.75) is 81.8 Å². The molecular weight excluding hydrogens is 538 g/mol. The Bertz CT molecular complexity index is 1060. The summed E-state index contributed by atoms with van der Waals surface area (Å²) in [4.78, 5) is 28.8. The van der Waals surface area contributed by atoms with E-state index < -0.39 is 58.4 Å². The van der Waals surface area contributed by atoms with Gasteiger partial charge in [0.05, 0.1) is 17.5 Å². The number of rotatable bonds is 4. The van der Waals surface area contributed by atoms with E-state index in [0.29, 0.717) is 0 Å². The van der Waals surface area contributed by atoms with Crippen molar-refractivity contribution in [1.82, 2.24) is 9.80 Å². The minimum Gasteiger partial charge on any atom is -0.610 e. The second kappa shape index (κ2) is 10.5. The van der Waals surface area contributed by atoms with Gasteiger partial charge in [-0.1, -0.05) is 13.8 Å². The Morgan fingerprint density at radius 3 is 2.34 bits per heavy atom. The topological polar surface area (TPSA) is 72.9 Å². The van der Waals surface area contributed by atoms with Gasteiger partial charge in [-0.2, -0.15) is 26.3 Å². The molecule has 2 aliphatic heterocycles. The van der Waals surface area contributed by atoms with Crippen LogP contribution in [0.4, 0.5) is 26.3 Å². The van der Waals surface area contributed by atoms with Crippen molar-refractivity contribution < 1.29 is 45.2 Å². The zero-order valence-electron chi connectivity index (χ0n) is 21.0. The number of hydrogen-bond donors (Lipinski definition) is 0. The zero-order valence-corrected chi connectivity index (χ0v) is 21.8. The molecule has 0 spiro atoms. The van der Waals surface area contributed by atoms with Crippen LogP contribution in [0.25, 0.3) is 0 Å². The van der Waals surface area contributed by atoms with Gasteiger partial charge in [-0.15, -0.1) is 0 Å². The quantitative estimate of drug-likeness (QED) is 0.384. The van der Waals surface area contributed by atoms with Crippen LogP contribution < -0.4 is 0 Å². The molecule has 2 amide bonds. The molecule has 1 aliphatic carbocycles. The molecule has 4 rings (SSSR count). The summed E-state index contributed by atoms with van der Waals surface area (Å²) in [5.74, 6) is -2.96. The van der Waals surface area contributed by atoms with Gasteiger partial charge in [0, 0.05) is 42.0 Å². The number of hydrogen-bond acceptors (Lipinski definition) is 4. The summed E-state index contributed by atoms with van der Waals surface area (Å²) in [7, 11) is 0. The maximum atomic E-state index is 13.9. The molecule has 212 valence electrons. The highest BCUT2D eigenvalue weighted by Gasteiger charge is 2.55. The van der Waals surface area contributed by atoms with Crippen molar-refractivity contribution in [3.63, 3.8) is 0 Å². The van der Waals surface area contributed by atoms with E-state index >= 15 is 0 Å². The monoisotopic (exact) mass is 568 g/mol. The third kappa shape index (κ3) is 5.51. The van der Waals surface area contributed by atoms with Crippen LogP contribution in [0.2, 0.25) is 0 Å². The van der Waals surface area contributed by atoms with Crippen LogP contribution in [0.3, 0.4) is 0 Å². The third-order valence-electron chi connectivity index (χ3n) is 8.06. The van der Waals surface area contributed by atoms with Gasteiger partial charge in [0.2, 0.25) is 5.91 Å². The fourth-order valence-electron chi connectivity index (χ4n) is 6.00. The van der Waals surface area contributed by atoms with E-state index in [4.69, 9.17) is 4.74 Å². The Morgan fingerprint density at radius 1 is 1.11 bits per heavy atom. The fourth-order valence-corrected chi connectivity index (χ4v) is 7.27. The lowest BCUT2D eigenvalue weighted by atomic mass is 9.74. The first-order chi connectivity index (χ1) is 17.6. The first kappa shape index (κ1) is 29.0. The second-order valence-electron chi connectivity index (χ2n) is 10.6. The lowest BCUT2D eigenvalue weighted by Gasteiger charge is -2.42. The smallest absolute Gasteiger partial charge is 0.471 e. The highest BCUT2D eigenvalue weighted by molar-refractivity contribution is 7.91. The van der Waals surface area contributed by atoms with E-state index in [1.165, 1.54) is 4.90 Å². The number of alkyl halides is 6. The van der Waals surface area contributed by atoms with Crippen LogP contribution in [0.5, 0.6) is 0 Å². The standard InChI is InChI=1S/C25H30F6N2O4S/c1-15(2)23(8-5-19(12-23)33(22(35)25(29,30)31)18-6-9-37-10-7-18)21(34)32-13-16-11-17(24(26,27)28)3-4-20(16)38(36)14-32/h3-4,11,15,18-19H,5-10,12-14H2,1-2H3/t19-,23+,38?/m1/s1. The van der Waals surface area contributed by atoms with Gasteiger partial charge in [-0.3, -0.25) is 14.5 Å². The van der Waals surface area contributed by atoms with Gasteiger partial charge >= 0.3 is 18.3 Å². The van der Waals surface area contributed by atoms with Gasteiger partial charge in [-0.05, 0) is 56.2 Å². The van der Waals surface area contributed by atoms with Crippen molar-refractivity contribution >= 4 is 23.0 Å². The zero-order chi connectivity index (χ0) is 28.0. The Balaban J connectivity index is 1.61. The Kier molecular flexibility index (Phi) is 8.04.